The lowest BCUT2D eigenvalue weighted by Gasteiger charge is -2.04. The molecule has 0 saturated carbocycles. The van der Waals surface area contributed by atoms with Crippen LogP contribution in [0.1, 0.15) is 17.7 Å². The van der Waals surface area contributed by atoms with Gasteiger partial charge in [0.05, 0.1) is 11.2 Å². The molecule has 17 heavy (non-hydrogen) atoms. The zero-order chi connectivity index (χ0) is 12.1. The quantitative estimate of drug-likeness (QED) is 0.901. The number of aryl methyl sites for hydroxylation is 2. The number of anilines is 1. The van der Waals surface area contributed by atoms with Gasteiger partial charge in [0.25, 0.3) is 0 Å². The summed E-state index contributed by atoms with van der Waals surface area (Å²) in [5.74, 6) is 0.0295. The first kappa shape index (κ1) is 11.8. The Balaban J connectivity index is 1.83. The van der Waals surface area contributed by atoms with Crippen LogP contribution in [0.2, 0.25) is 0 Å². The van der Waals surface area contributed by atoms with E-state index >= 15 is 0 Å². The van der Waals surface area contributed by atoms with Gasteiger partial charge in [0.15, 0.2) is 0 Å². The Hall–Kier alpha value is -1.68. The molecule has 2 aromatic rings. The van der Waals surface area contributed by atoms with Gasteiger partial charge in [-0.25, -0.2) is 4.98 Å². The molecule has 0 fully saturated rings. The molecule has 1 N–H and O–H groups in total. The van der Waals surface area contributed by atoms with Gasteiger partial charge in [-0.2, -0.15) is 0 Å². The number of benzene rings is 1. The van der Waals surface area contributed by atoms with E-state index in [1.807, 2.05) is 36.6 Å². The average Bonchev–Trinajstić information content (AvgIpc) is 2.83. The topological polar surface area (TPSA) is 42.0 Å². The van der Waals surface area contributed by atoms with Crippen LogP contribution < -0.4 is 5.32 Å². The van der Waals surface area contributed by atoms with Crippen molar-refractivity contribution in [1.82, 2.24) is 4.98 Å². The molecule has 0 aliphatic heterocycles. The van der Waals surface area contributed by atoms with Gasteiger partial charge in [-0.05, 0) is 25.5 Å². The van der Waals surface area contributed by atoms with Gasteiger partial charge in [0.1, 0.15) is 0 Å². The van der Waals surface area contributed by atoms with Crippen molar-refractivity contribution < 1.29 is 4.79 Å². The number of nitrogens with zero attached hydrogens (tertiary/aromatic N) is 1. The van der Waals surface area contributed by atoms with E-state index in [-0.39, 0.29) is 5.91 Å². The highest BCUT2D eigenvalue weighted by Crippen LogP contribution is 2.10. The van der Waals surface area contributed by atoms with Crippen molar-refractivity contribution in [3.63, 3.8) is 0 Å². The maximum atomic E-state index is 11.7. The van der Waals surface area contributed by atoms with Gasteiger partial charge >= 0.3 is 0 Å². The molecule has 1 amide bonds. The first-order chi connectivity index (χ1) is 8.24. The molecule has 0 atom stereocenters. The first-order valence-electron chi connectivity index (χ1n) is 5.47. The van der Waals surface area contributed by atoms with Crippen LogP contribution in [-0.2, 0) is 11.2 Å². The molecular weight excluding hydrogens is 232 g/mol. The van der Waals surface area contributed by atoms with Gasteiger partial charge in [-0.3, -0.25) is 4.79 Å². The Morgan fingerprint density at radius 3 is 2.76 bits per heavy atom. The normalized spacial score (nSPS) is 10.2. The van der Waals surface area contributed by atoms with E-state index in [4.69, 9.17) is 0 Å². The number of amides is 1. The lowest BCUT2D eigenvalue weighted by molar-refractivity contribution is -0.116. The second-order valence-corrected chi connectivity index (χ2v) is 4.61. The summed E-state index contributed by atoms with van der Waals surface area (Å²) in [5.41, 5.74) is 4.80. The molecular formula is C13H14N2OS. The number of hydrogen-bond donors (Lipinski definition) is 1. The summed E-state index contributed by atoms with van der Waals surface area (Å²) in [5, 5.41) is 4.84. The number of thiazole rings is 1. The minimum atomic E-state index is 0.0295. The predicted molar refractivity (Wildman–Crippen MR) is 70.2 cm³/mol. The lowest BCUT2D eigenvalue weighted by atomic mass is 10.2. The highest BCUT2D eigenvalue weighted by Gasteiger charge is 2.03. The van der Waals surface area contributed by atoms with Crippen LogP contribution in [0.3, 0.4) is 0 Å². The molecule has 0 unspecified atom stereocenters. The fourth-order valence-electron chi connectivity index (χ4n) is 1.46. The zero-order valence-corrected chi connectivity index (χ0v) is 10.5. The fourth-order valence-corrected chi connectivity index (χ4v) is 2.06. The van der Waals surface area contributed by atoms with Crippen molar-refractivity contribution >= 4 is 22.9 Å². The number of nitrogens with one attached hydrogen (secondary N) is 1. The Labute approximate surface area is 105 Å². The lowest BCUT2D eigenvalue weighted by Crippen LogP contribution is -2.12. The Morgan fingerprint density at radius 2 is 2.12 bits per heavy atom. The van der Waals surface area contributed by atoms with Crippen LogP contribution in [0.4, 0.5) is 5.69 Å². The van der Waals surface area contributed by atoms with Gasteiger partial charge in [0.2, 0.25) is 5.91 Å². The smallest absolute Gasteiger partial charge is 0.224 e. The van der Waals surface area contributed by atoms with Gasteiger partial charge in [0, 0.05) is 17.5 Å². The molecule has 0 saturated heterocycles. The monoisotopic (exact) mass is 246 g/mol. The average molecular weight is 246 g/mol. The third-order valence-corrected chi connectivity index (χ3v) is 3.06. The molecule has 0 bridgehead atoms. The molecule has 1 heterocycles. The maximum Gasteiger partial charge on any atom is 0.224 e. The summed E-state index contributed by atoms with van der Waals surface area (Å²) < 4.78 is 0. The molecule has 1 aromatic carbocycles. The van der Waals surface area contributed by atoms with Crippen LogP contribution in [0, 0.1) is 6.92 Å². The summed E-state index contributed by atoms with van der Waals surface area (Å²) in [6.07, 6.45) is 1.17. The molecule has 3 nitrogen and oxygen atoms in total. The summed E-state index contributed by atoms with van der Waals surface area (Å²) >= 11 is 1.55. The van der Waals surface area contributed by atoms with Gasteiger partial charge in [-0.15, -0.1) is 11.3 Å². The molecule has 1 aromatic heterocycles. The van der Waals surface area contributed by atoms with Gasteiger partial charge < -0.3 is 5.32 Å². The van der Waals surface area contributed by atoms with E-state index in [1.54, 1.807) is 16.8 Å². The summed E-state index contributed by atoms with van der Waals surface area (Å²) in [7, 11) is 0. The molecule has 0 radical (unpaired) electrons. The zero-order valence-electron chi connectivity index (χ0n) is 9.64. The number of carbonyl (C=O) groups is 1. The second kappa shape index (κ2) is 5.59. The SMILES string of the molecule is Cc1ccc(NC(=O)CCc2cscn2)cc1. The predicted octanol–water partition coefficient (Wildman–Crippen LogP) is 3.02. The Kier molecular flexibility index (Phi) is 3.88. The largest absolute Gasteiger partial charge is 0.326 e. The summed E-state index contributed by atoms with van der Waals surface area (Å²) in [6.45, 7) is 2.02. The Morgan fingerprint density at radius 1 is 1.35 bits per heavy atom. The summed E-state index contributed by atoms with van der Waals surface area (Å²) in [6, 6.07) is 7.79. The third-order valence-electron chi connectivity index (χ3n) is 2.43. The molecule has 0 aliphatic rings. The third kappa shape index (κ3) is 3.67. The molecule has 0 aliphatic carbocycles. The van der Waals surface area contributed by atoms with Crippen molar-refractivity contribution in [1.29, 1.82) is 0 Å². The van der Waals surface area contributed by atoms with E-state index in [0.29, 0.717) is 12.8 Å². The van der Waals surface area contributed by atoms with Crippen LogP contribution in [0.5, 0.6) is 0 Å². The van der Waals surface area contributed by atoms with Crippen molar-refractivity contribution in [3.05, 3.63) is 46.4 Å². The van der Waals surface area contributed by atoms with E-state index < -0.39 is 0 Å². The van der Waals surface area contributed by atoms with Crippen molar-refractivity contribution in [2.75, 3.05) is 5.32 Å². The van der Waals surface area contributed by atoms with E-state index in [9.17, 15) is 4.79 Å². The standard InChI is InChI=1S/C13H14N2OS/c1-10-2-4-11(5-3-10)15-13(16)7-6-12-8-17-9-14-12/h2-5,8-9H,6-7H2,1H3,(H,15,16). The molecule has 2 rings (SSSR count). The molecule has 0 spiro atoms. The van der Waals surface area contributed by atoms with Crippen molar-refractivity contribution in [3.8, 4) is 0 Å². The van der Waals surface area contributed by atoms with Crippen LogP contribution in [0.15, 0.2) is 35.2 Å². The van der Waals surface area contributed by atoms with E-state index in [2.05, 4.69) is 10.3 Å². The highest BCUT2D eigenvalue weighted by atomic mass is 32.1. The number of carbonyl (C=O) groups excluding carboxylic acids is 1. The highest BCUT2D eigenvalue weighted by molar-refractivity contribution is 7.07. The van der Waals surface area contributed by atoms with Crippen LogP contribution in [0.25, 0.3) is 0 Å². The first-order valence-corrected chi connectivity index (χ1v) is 6.42. The minimum absolute atomic E-state index is 0.0295. The van der Waals surface area contributed by atoms with Crippen molar-refractivity contribution in [2.24, 2.45) is 0 Å². The minimum Gasteiger partial charge on any atom is -0.326 e. The molecule has 88 valence electrons. The number of hydrogen-bond acceptors (Lipinski definition) is 3. The van der Waals surface area contributed by atoms with Crippen LogP contribution in [-0.4, -0.2) is 10.9 Å². The second-order valence-electron chi connectivity index (χ2n) is 3.89. The summed E-state index contributed by atoms with van der Waals surface area (Å²) in [4.78, 5) is 15.8. The molecule has 4 heteroatoms. The Bertz CT molecular complexity index is 477. The number of aromatic nitrogens is 1. The maximum absolute atomic E-state index is 11.7. The van der Waals surface area contributed by atoms with Crippen molar-refractivity contribution in [2.45, 2.75) is 19.8 Å². The van der Waals surface area contributed by atoms with Gasteiger partial charge in [-0.1, -0.05) is 17.7 Å². The number of rotatable bonds is 4. The van der Waals surface area contributed by atoms with Crippen LogP contribution >= 0.6 is 11.3 Å². The van der Waals surface area contributed by atoms with E-state index in [0.717, 1.165) is 11.4 Å². The van der Waals surface area contributed by atoms with E-state index in [1.165, 1.54) is 5.56 Å². The fraction of sp³-hybridized carbons (Fsp3) is 0.231.